The predicted molar refractivity (Wildman–Crippen MR) is 93.8 cm³/mol. The molecule has 1 aromatic carbocycles. The first-order valence-corrected chi connectivity index (χ1v) is 9.28. The van der Waals surface area contributed by atoms with Crippen molar-refractivity contribution in [2.45, 2.75) is 10.8 Å². The first kappa shape index (κ1) is 16.7. The highest BCUT2D eigenvalue weighted by molar-refractivity contribution is 8.00. The molecule has 2 heterocycles. The molecule has 1 fully saturated rings. The van der Waals surface area contributed by atoms with Crippen LogP contribution in [0.4, 0.5) is 10.8 Å². The van der Waals surface area contributed by atoms with E-state index in [2.05, 4.69) is 15.5 Å². The molecule has 1 aliphatic rings. The highest BCUT2D eigenvalue weighted by Crippen LogP contribution is 2.33. The number of hydrogen-bond acceptors (Lipinski definition) is 7. The second-order valence-corrected chi connectivity index (χ2v) is 7.17. The molecule has 0 unspecified atom stereocenters. The molecule has 126 valence electrons. The molecule has 2 amide bonds. The number of aromatic nitrogens is 2. The number of para-hydroxylation sites is 2. The zero-order valence-corrected chi connectivity index (χ0v) is 14.8. The number of nitrogens with one attached hydrogen (secondary N) is 1. The highest BCUT2D eigenvalue weighted by atomic mass is 32.2. The topological polar surface area (TPSA) is 84.4 Å². The van der Waals surface area contributed by atoms with Gasteiger partial charge < -0.3 is 15.0 Å². The molecule has 0 bridgehead atoms. The zero-order chi connectivity index (χ0) is 17.1. The minimum absolute atomic E-state index is 0.0956. The van der Waals surface area contributed by atoms with E-state index in [9.17, 15) is 9.59 Å². The average molecular weight is 364 g/mol. The number of carbonyl (C=O) groups excluding carboxylic acids is 2. The van der Waals surface area contributed by atoms with E-state index >= 15 is 0 Å². The van der Waals surface area contributed by atoms with Gasteiger partial charge >= 0.3 is 0 Å². The number of hydrogen-bond donors (Lipinski definition) is 1. The maximum absolute atomic E-state index is 12.4. The summed E-state index contributed by atoms with van der Waals surface area (Å²) in [7, 11) is 1.56. The third-order valence-corrected chi connectivity index (χ3v) is 5.50. The van der Waals surface area contributed by atoms with Gasteiger partial charge in [0.1, 0.15) is 5.75 Å². The summed E-state index contributed by atoms with van der Waals surface area (Å²) >= 11 is 2.78. The molecule has 1 atom stereocenters. The van der Waals surface area contributed by atoms with Crippen LogP contribution < -0.4 is 15.0 Å². The van der Waals surface area contributed by atoms with E-state index in [1.54, 1.807) is 18.1 Å². The summed E-state index contributed by atoms with van der Waals surface area (Å²) in [5, 5.41) is 11.1. The first-order chi connectivity index (χ1) is 11.6. The van der Waals surface area contributed by atoms with Crippen LogP contribution in [0.15, 0.2) is 28.6 Å². The van der Waals surface area contributed by atoms with Gasteiger partial charge in [-0.2, -0.15) is 0 Å². The standard InChI is InChI=1S/C15H16N4O3S2/c1-22-11-6-4-3-5-10(11)19-8-9(7-12(19)20)13(21)16-14-17-18-15(23-2)24-14/h3-6,9H,7-8H2,1-2H3,(H,16,17,21)/t9-/m1/s1. The summed E-state index contributed by atoms with van der Waals surface area (Å²) in [6, 6.07) is 7.28. The Hall–Kier alpha value is -2.13. The van der Waals surface area contributed by atoms with Gasteiger partial charge in [-0.3, -0.25) is 9.59 Å². The fraction of sp³-hybridized carbons (Fsp3) is 0.333. The van der Waals surface area contributed by atoms with Crippen LogP contribution in [0.2, 0.25) is 0 Å². The molecule has 1 aromatic heterocycles. The normalized spacial score (nSPS) is 17.2. The van der Waals surface area contributed by atoms with E-state index in [1.165, 1.54) is 23.1 Å². The molecule has 0 aliphatic carbocycles. The van der Waals surface area contributed by atoms with Crippen LogP contribution in [0.5, 0.6) is 5.75 Å². The number of amides is 2. The second kappa shape index (κ2) is 7.18. The molecule has 3 rings (SSSR count). The molecule has 7 nitrogen and oxygen atoms in total. The third-order valence-electron chi connectivity index (χ3n) is 3.68. The number of methoxy groups -OCH3 is 1. The molecule has 1 aliphatic heterocycles. The number of rotatable bonds is 5. The van der Waals surface area contributed by atoms with Gasteiger partial charge in [-0.25, -0.2) is 0 Å². The Morgan fingerprint density at radius 2 is 2.21 bits per heavy atom. The Kier molecular flexibility index (Phi) is 5.00. The fourth-order valence-electron chi connectivity index (χ4n) is 2.52. The van der Waals surface area contributed by atoms with Gasteiger partial charge in [0.2, 0.25) is 16.9 Å². The maximum Gasteiger partial charge on any atom is 0.231 e. The average Bonchev–Trinajstić information content (AvgIpc) is 3.21. The molecular weight excluding hydrogens is 348 g/mol. The maximum atomic E-state index is 12.4. The molecule has 0 spiro atoms. The Morgan fingerprint density at radius 3 is 2.92 bits per heavy atom. The van der Waals surface area contributed by atoms with Crippen molar-refractivity contribution in [1.29, 1.82) is 0 Å². The smallest absolute Gasteiger partial charge is 0.231 e. The lowest BCUT2D eigenvalue weighted by Gasteiger charge is -2.19. The summed E-state index contributed by atoms with van der Waals surface area (Å²) in [4.78, 5) is 26.3. The van der Waals surface area contributed by atoms with Crippen LogP contribution in [0.3, 0.4) is 0 Å². The number of nitrogens with zero attached hydrogens (tertiary/aromatic N) is 3. The quantitative estimate of drug-likeness (QED) is 0.647. The van der Waals surface area contributed by atoms with Crippen molar-refractivity contribution in [1.82, 2.24) is 10.2 Å². The van der Waals surface area contributed by atoms with Crippen molar-refractivity contribution in [2.24, 2.45) is 5.92 Å². The van der Waals surface area contributed by atoms with E-state index in [0.717, 1.165) is 4.34 Å². The minimum Gasteiger partial charge on any atom is -0.495 e. The lowest BCUT2D eigenvalue weighted by atomic mass is 10.1. The number of benzene rings is 1. The summed E-state index contributed by atoms with van der Waals surface area (Å²) in [6.07, 6.45) is 2.06. The van der Waals surface area contributed by atoms with Crippen LogP contribution in [0.25, 0.3) is 0 Å². The van der Waals surface area contributed by atoms with Gasteiger partial charge in [0, 0.05) is 13.0 Å². The fourth-order valence-corrected chi connectivity index (χ4v) is 3.69. The molecule has 9 heteroatoms. The minimum atomic E-state index is -0.427. The molecular formula is C15H16N4O3S2. The number of thioether (sulfide) groups is 1. The van der Waals surface area contributed by atoms with Gasteiger partial charge in [-0.15, -0.1) is 10.2 Å². The van der Waals surface area contributed by atoms with Gasteiger partial charge in [-0.05, 0) is 18.4 Å². The molecule has 1 N–H and O–H groups in total. The van der Waals surface area contributed by atoms with Crippen molar-refractivity contribution in [3.63, 3.8) is 0 Å². The van der Waals surface area contributed by atoms with E-state index < -0.39 is 5.92 Å². The summed E-state index contributed by atoms with van der Waals surface area (Å²) in [5.41, 5.74) is 0.681. The molecule has 0 radical (unpaired) electrons. The van der Waals surface area contributed by atoms with E-state index in [-0.39, 0.29) is 18.2 Å². The number of ether oxygens (including phenoxy) is 1. The Balaban J connectivity index is 1.71. The molecule has 1 saturated heterocycles. The van der Waals surface area contributed by atoms with Crippen molar-refractivity contribution in [3.8, 4) is 5.75 Å². The lowest BCUT2D eigenvalue weighted by Crippen LogP contribution is -2.28. The van der Waals surface area contributed by atoms with Crippen molar-refractivity contribution < 1.29 is 14.3 Å². The van der Waals surface area contributed by atoms with Crippen LogP contribution in [0.1, 0.15) is 6.42 Å². The zero-order valence-electron chi connectivity index (χ0n) is 13.2. The lowest BCUT2D eigenvalue weighted by molar-refractivity contribution is -0.122. The molecule has 2 aromatic rings. The second-order valence-electron chi connectivity index (χ2n) is 5.14. The van der Waals surface area contributed by atoms with Crippen molar-refractivity contribution >= 4 is 45.7 Å². The van der Waals surface area contributed by atoms with E-state index in [4.69, 9.17) is 4.74 Å². The summed E-state index contributed by atoms with van der Waals surface area (Å²) in [5.74, 6) is -0.129. The Bertz CT molecular complexity index is 765. The predicted octanol–water partition coefficient (Wildman–Crippen LogP) is 2.26. The number of carbonyl (C=O) groups is 2. The van der Waals surface area contributed by atoms with Gasteiger partial charge in [0.15, 0.2) is 4.34 Å². The van der Waals surface area contributed by atoms with Crippen LogP contribution in [0, 0.1) is 5.92 Å². The SMILES string of the molecule is COc1ccccc1N1C[C@H](C(=O)Nc2nnc(SC)s2)CC1=O. The van der Waals surface area contributed by atoms with Crippen LogP contribution in [-0.4, -0.2) is 41.9 Å². The molecule has 0 saturated carbocycles. The van der Waals surface area contributed by atoms with Crippen LogP contribution >= 0.6 is 23.1 Å². The van der Waals surface area contributed by atoms with Gasteiger partial charge in [0.25, 0.3) is 0 Å². The first-order valence-electron chi connectivity index (χ1n) is 7.24. The van der Waals surface area contributed by atoms with E-state index in [0.29, 0.717) is 23.1 Å². The number of anilines is 2. The summed E-state index contributed by atoms with van der Waals surface area (Å²) < 4.78 is 6.08. The Labute approximate surface area is 147 Å². The third kappa shape index (κ3) is 3.36. The largest absolute Gasteiger partial charge is 0.495 e. The Morgan fingerprint density at radius 1 is 1.42 bits per heavy atom. The van der Waals surface area contributed by atoms with E-state index in [1.807, 2.05) is 24.5 Å². The summed E-state index contributed by atoms with van der Waals surface area (Å²) in [6.45, 7) is 0.319. The van der Waals surface area contributed by atoms with Crippen LogP contribution in [-0.2, 0) is 9.59 Å². The van der Waals surface area contributed by atoms with Crippen molar-refractivity contribution in [3.05, 3.63) is 24.3 Å². The molecule has 24 heavy (non-hydrogen) atoms. The monoisotopic (exact) mass is 364 g/mol. The van der Waals surface area contributed by atoms with Gasteiger partial charge in [0.05, 0.1) is 18.7 Å². The van der Waals surface area contributed by atoms with Crippen molar-refractivity contribution in [2.75, 3.05) is 30.1 Å². The highest BCUT2D eigenvalue weighted by Gasteiger charge is 2.36. The van der Waals surface area contributed by atoms with Gasteiger partial charge in [-0.1, -0.05) is 35.2 Å².